The van der Waals surface area contributed by atoms with Gasteiger partial charge in [-0.3, -0.25) is 9.88 Å². The molecule has 2 heterocycles. The molecule has 0 radical (unpaired) electrons. The van der Waals surface area contributed by atoms with Gasteiger partial charge in [0.25, 0.3) is 0 Å². The Morgan fingerprint density at radius 3 is 2.72 bits per heavy atom. The van der Waals surface area contributed by atoms with Crippen molar-refractivity contribution in [2.75, 3.05) is 20.3 Å². The van der Waals surface area contributed by atoms with Gasteiger partial charge in [-0.2, -0.15) is 0 Å². The molecule has 1 aliphatic heterocycles. The summed E-state index contributed by atoms with van der Waals surface area (Å²) in [6.45, 7) is 1.81. The van der Waals surface area contributed by atoms with Gasteiger partial charge in [0, 0.05) is 44.2 Å². The minimum Gasteiger partial charge on any atom is -0.392 e. The Kier molecular flexibility index (Phi) is 4.81. The zero-order valence-corrected chi connectivity index (χ0v) is 11.7. The highest BCUT2D eigenvalue weighted by molar-refractivity contribution is 6.35. The van der Waals surface area contributed by atoms with Gasteiger partial charge in [0.15, 0.2) is 0 Å². The molecule has 100 valence electrons. The molecule has 2 rings (SSSR count). The van der Waals surface area contributed by atoms with Gasteiger partial charge >= 0.3 is 0 Å². The maximum atomic E-state index is 9.74. The van der Waals surface area contributed by atoms with Crippen LogP contribution in [0.2, 0.25) is 10.0 Å². The Hall–Kier alpha value is -0.390. The lowest BCUT2D eigenvalue weighted by molar-refractivity contribution is 0.111. The topological polar surface area (TPSA) is 45.6 Å². The molecule has 18 heavy (non-hydrogen) atoms. The van der Waals surface area contributed by atoms with Gasteiger partial charge in [-0.1, -0.05) is 23.2 Å². The first-order valence-corrected chi connectivity index (χ1v) is 6.56. The van der Waals surface area contributed by atoms with Crippen molar-refractivity contribution in [2.24, 2.45) is 0 Å². The van der Waals surface area contributed by atoms with E-state index >= 15 is 0 Å². The number of pyridine rings is 1. The van der Waals surface area contributed by atoms with Crippen LogP contribution in [0.15, 0.2) is 12.4 Å². The Labute approximate surface area is 116 Å². The van der Waals surface area contributed by atoms with Crippen LogP contribution in [-0.4, -0.2) is 47.4 Å². The third-order valence-corrected chi connectivity index (χ3v) is 3.83. The van der Waals surface area contributed by atoms with Crippen LogP contribution in [0.3, 0.4) is 0 Å². The van der Waals surface area contributed by atoms with Crippen molar-refractivity contribution in [3.63, 3.8) is 0 Å². The molecule has 1 fully saturated rings. The molecule has 0 spiro atoms. The number of halogens is 2. The first-order chi connectivity index (χ1) is 8.61. The Bertz CT molecular complexity index is 397. The van der Waals surface area contributed by atoms with Crippen LogP contribution in [-0.2, 0) is 11.3 Å². The third-order valence-electron chi connectivity index (χ3n) is 3.18. The highest BCUT2D eigenvalue weighted by atomic mass is 35.5. The lowest BCUT2D eigenvalue weighted by Gasteiger charge is -2.24. The number of aliphatic hydroxyl groups is 1. The van der Waals surface area contributed by atoms with Gasteiger partial charge in [0.05, 0.1) is 22.8 Å². The van der Waals surface area contributed by atoms with E-state index in [0.717, 1.165) is 5.56 Å². The monoisotopic (exact) mass is 290 g/mol. The summed E-state index contributed by atoms with van der Waals surface area (Å²) in [7, 11) is 1.66. The number of aromatic nitrogens is 1. The van der Waals surface area contributed by atoms with Crippen molar-refractivity contribution in [3.8, 4) is 0 Å². The number of methoxy groups -OCH3 is 1. The molecule has 2 atom stereocenters. The number of hydrogen-bond acceptors (Lipinski definition) is 4. The SMILES string of the molecule is COC[C@H]1C[C@@H](O)CN1Cc1c(Cl)cncc1Cl. The maximum absolute atomic E-state index is 9.74. The van der Waals surface area contributed by atoms with Gasteiger partial charge in [-0.25, -0.2) is 0 Å². The van der Waals surface area contributed by atoms with Gasteiger partial charge in [-0.15, -0.1) is 0 Å². The van der Waals surface area contributed by atoms with Crippen LogP contribution in [0.1, 0.15) is 12.0 Å². The van der Waals surface area contributed by atoms with E-state index in [1.807, 2.05) is 0 Å². The number of rotatable bonds is 4. The minimum absolute atomic E-state index is 0.199. The highest BCUT2D eigenvalue weighted by Crippen LogP contribution is 2.28. The second-order valence-corrected chi connectivity index (χ2v) is 5.32. The zero-order chi connectivity index (χ0) is 13.1. The molecule has 0 saturated carbocycles. The van der Waals surface area contributed by atoms with Gasteiger partial charge in [0.1, 0.15) is 0 Å². The minimum atomic E-state index is -0.315. The summed E-state index contributed by atoms with van der Waals surface area (Å²) < 4.78 is 5.17. The van der Waals surface area contributed by atoms with Crippen molar-refractivity contribution in [1.29, 1.82) is 0 Å². The van der Waals surface area contributed by atoms with Crippen LogP contribution in [0.5, 0.6) is 0 Å². The summed E-state index contributed by atoms with van der Waals surface area (Å²) >= 11 is 12.2. The predicted octanol–water partition coefficient (Wildman–Crippen LogP) is 1.97. The second-order valence-electron chi connectivity index (χ2n) is 4.51. The van der Waals surface area contributed by atoms with E-state index in [9.17, 15) is 5.11 Å². The quantitative estimate of drug-likeness (QED) is 0.921. The molecule has 6 heteroatoms. The fraction of sp³-hybridized carbons (Fsp3) is 0.583. The van der Waals surface area contributed by atoms with Crippen LogP contribution in [0.25, 0.3) is 0 Å². The molecule has 1 aromatic heterocycles. The predicted molar refractivity (Wildman–Crippen MR) is 71.0 cm³/mol. The number of β-amino-alcohol motifs (C(OH)–C–C–N with tert-alkyl or cyclic N) is 1. The number of nitrogens with zero attached hydrogens (tertiary/aromatic N) is 2. The molecule has 0 bridgehead atoms. The van der Waals surface area contributed by atoms with E-state index in [1.165, 1.54) is 0 Å². The second kappa shape index (κ2) is 6.17. The third kappa shape index (κ3) is 3.13. The van der Waals surface area contributed by atoms with Crippen LogP contribution >= 0.6 is 23.2 Å². The molecular weight excluding hydrogens is 275 g/mol. The molecule has 0 aliphatic carbocycles. The van der Waals surface area contributed by atoms with E-state index in [-0.39, 0.29) is 12.1 Å². The fourth-order valence-electron chi connectivity index (χ4n) is 2.31. The van der Waals surface area contributed by atoms with Crippen LogP contribution in [0, 0.1) is 0 Å². The van der Waals surface area contributed by atoms with Gasteiger partial charge in [0.2, 0.25) is 0 Å². The molecule has 1 aromatic rings. The van der Waals surface area contributed by atoms with Crippen molar-refractivity contribution in [3.05, 3.63) is 28.0 Å². The lowest BCUT2D eigenvalue weighted by atomic mass is 10.2. The molecule has 1 N–H and O–H groups in total. The number of ether oxygens (including phenoxy) is 1. The van der Waals surface area contributed by atoms with E-state index in [2.05, 4.69) is 9.88 Å². The normalized spacial score (nSPS) is 24.7. The van der Waals surface area contributed by atoms with E-state index in [4.69, 9.17) is 27.9 Å². The van der Waals surface area contributed by atoms with Crippen LogP contribution < -0.4 is 0 Å². The Morgan fingerprint density at radius 1 is 1.44 bits per heavy atom. The lowest BCUT2D eigenvalue weighted by Crippen LogP contribution is -2.32. The van der Waals surface area contributed by atoms with Crippen molar-refractivity contribution in [2.45, 2.75) is 25.1 Å². The van der Waals surface area contributed by atoms with Gasteiger partial charge < -0.3 is 9.84 Å². The summed E-state index contributed by atoms with van der Waals surface area (Å²) in [5.74, 6) is 0. The summed E-state index contributed by atoms with van der Waals surface area (Å²) in [4.78, 5) is 6.07. The highest BCUT2D eigenvalue weighted by Gasteiger charge is 2.31. The summed E-state index contributed by atoms with van der Waals surface area (Å²) in [6, 6.07) is 0.199. The average molecular weight is 291 g/mol. The smallest absolute Gasteiger partial charge is 0.0683 e. The summed E-state index contributed by atoms with van der Waals surface area (Å²) in [5.41, 5.74) is 0.850. The molecule has 0 aromatic carbocycles. The first-order valence-electron chi connectivity index (χ1n) is 5.80. The van der Waals surface area contributed by atoms with E-state index in [1.54, 1.807) is 19.5 Å². The first kappa shape index (κ1) is 14.0. The van der Waals surface area contributed by atoms with Crippen molar-refractivity contribution >= 4 is 23.2 Å². The molecule has 0 unspecified atom stereocenters. The molecular formula is C12H16Cl2N2O2. The molecule has 0 amide bonds. The average Bonchev–Trinajstić information content (AvgIpc) is 2.65. The molecule has 1 aliphatic rings. The fourth-order valence-corrected chi connectivity index (χ4v) is 2.79. The zero-order valence-electron chi connectivity index (χ0n) is 10.1. The van der Waals surface area contributed by atoms with Crippen molar-refractivity contribution < 1.29 is 9.84 Å². The van der Waals surface area contributed by atoms with Crippen LogP contribution in [0.4, 0.5) is 0 Å². The maximum Gasteiger partial charge on any atom is 0.0683 e. The largest absolute Gasteiger partial charge is 0.392 e. The number of aliphatic hydroxyl groups excluding tert-OH is 1. The molecule has 1 saturated heterocycles. The number of hydrogen-bond donors (Lipinski definition) is 1. The van der Waals surface area contributed by atoms with Gasteiger partial charge in [-0.05, 0) is 6.42 Å². The van der Waals surface area contributed by atoms with Crippen molar-refractivity contribution in [1.82, 2.24) is 9.88 Å². The van der Waals surface area contributed by atoms with E-state index < -0.39 is 0 Å². The number of likely N-dealkylation sites (tertiary alicyclic amines) is 1. The summed E-state index contributed by atoms with van der Waals surface area (Å²) in [5, 5.41) is 10.8. The summed E-state index contributed by atoms with van der Waals surface area (Å²) in [6.07, 6.45) is 3.57. The van der Waals surface area contributed by atoms with E-state index in [0.29, 0.717) is 36.2 Å². The molecule has 4 nitrogen and oxygen atoms in total. The Balaban J connectivity index is 2.12. The standard InChI is InChI=1S/C12H16Cl2N2O2/c1-18-7-8-2-9(17)5-16(8)6-10-11(13)3-15-4-12(10)14/h3-4,8-9,17H,2,5-7H2,1H3/t8-,9-/m1/s1. The Morgan fingerprint density at radius 2 is 2.11 bits per heavy atom.